The van der Waals surface area contributed by atoms with Gasteiger partial charge >= 0.3 is 0 Å². The Morgan fingerprint density at radius 1 is 1.28 bits per heavy atom. The first-order chi connectivity index (χ1) is 13.9. The van der Waals surface area contributed by atoms with Crippen LogP contribution in [-0.2, 0) is 16.1 Å². The van der Waals surface area contributed by atoms with E-state index in [0.29, 0.717) is 29.2 Å². The van der Waals surface area contributed by atoms with Crippen molar-refractivity contribution < 1.29 is 14.1 Å². The van der Waals surface area contributed by atoms with Gasteiger partial charge in [0.25, 0.3) is 0 Å². The number of hydrogen-bond donors (Lipinski definition) is 0. The molecule has 1 aromatic heterocycles. The van der Waals surface area contributed by atoms with E-state index in [1.807, 2.05) is 25.1 Å². The fourth-order valence-corrected chi connectivity index (χ4v) is 5.80. The van der Waals surface area contributed by atoms with Gasteiger partial charge in [0.1, 0.15) is 17.2 Å². The SMILES string of the molecule is Cc1cccc(Cl)c1-c1noc(C2CC2)c1COC1(C)CC2CC(C)C(C1)C2=O. The van der Waals surface area contributed by atoms with E-state index in [0.717, 1.165) is 60.2 Å². The Morgan fingerprint density at radius 2 is 2.07 bits per heavy atom. The van der Waals surface area contributed by atoms with Crippen molar-refractivity contribution in [3.8, 4) is 11.3 Å². The minimum Gasteiger partial charge on any atom is -0.370 e. The van der Waals surface area contributed by atoms with Gasteiger partial charge in [-0.25, -0.2) is 0 Å². The smallest absolute Gasteiger partial charge is 0.145 e. The second kappa shape index (κ2) is 6.95. The fraction of sp³-hybridized carbons (Fsp3) is 0.583. The molecule has 4 nitrogen and oxygen atoms in total. The van der Waals surface area contributed by atoms with Crippen LogP contribution in [0.5, 0.6) is 0 Å². The molecule has 5 rings (SSSR count). The number of Topliss-reactive ketones (excluding diaryl/α,β-unsaturated/α-hetero) is 1. The molecule has 0 N–H and O–H groups in total. The van der Waals surface area contributed by atoms with Crippen molar-refractivity contribution in [2.45, 2.75) is 71.0 Å². The number of benzene rings is 1. The van der Waals surface area contributed by atoms with Gasteiger partial charge in [0, 0.05) is 28.9 Å². The number of carbonyl (C=O) groups is 1. The van der Waals surface area contributed by atoms with E-state index >= 15 is 0 Å². The monoisotopic (exact) mass is 413 g/mol. The largest absolute Gasteiger partial charge is 0.370 e. The standard InChI is InChI=1S/C24H28ClNO3/c1-13-5-4-6-19(25)20(13)21-18(23(29-26-21)15-7-8-15)12-28-24(3)10-16-9-14(2)17(11-24)22(16)27/h4-6,14-17H,7-12H2,1-3H3. The lowest BCUT2D eigenvalue weighted by Gasteiger charge is -2.37. The molecule has 154 valence electrons. The Balaban J connectivity index is 1.44. The van der Waals surface area contributed by atoms with Crippen LogP contribution in [0.3, 0.4) is 0 Å². The molecule has 1 heterocycles. The molecule has 2 aromatic rings. The number of ether oxygens (including phenoxy) is 1. The van der Waals surface area contributed by atoms with Gasteiger partial charge in [0.2, 0.25) is 0 Å². The molecule has 4 atom stereocenters. The molecule has 3 aliphatic carbocycles. The van der Waals surface area contributed by atoms with Crippen LogP contribution >= 0.6 is 11.6 Å². The molecule has 0 aliphatic heterocycles. The molecular weight excluding hydrogens is 386 g/mol. The maximum atomic E-state index is 12.5. The number of hydrogen-bond acceptors (Lipinski definition) is 4. The van der Waals surface area contributed by atoms with Crippen LogP contribution in [0.15, 0.2) is 22.7 Å². The van der Waals surface area contributed by atoms with E-state index in [2.05, 4.69) is 19.0 Å². The van der Waals surface area contributed by atoms with Crippen molar-refractivity contribution in [2.75, 3.05) is 0 Å². The van der Waals surface area contributed by atoms with Crippen molar-refractivity contribution in [3.05, 3.63) is 40.1 Å². The van der Waals surface area contributed by atoms with Crippen LogP contribution in [0.2, 0.25) is 5.02 Å². The van der Waals surface area contributed by atoms with Crippen LogP contribution in [0.4, 0.5) is 0 Å². The topological polar surface area (TPSA) is 52.3 Å². The first kappa shape index (κ1) is 19.3. The van der Waals surface area contributed by atoms with Gasteiger partial charge in [0.15, 0.2) is 0 Å². The first-order valence-electron chi connectivity index (χ1n) is 10.8. The summed E-state index contributed by atoms with van der Waals surface area (Å²) in [5.41, 5.74) is 3.57. The zero-order chi connectivity index (χ0) is 20.3. The summed E-state index contributed by atoms with van der Waals surface area (Å²) in [7, 11) is 0. The van der Waals surface area contributed by atoms with Crippen molar-refractivity contribution in [1.29, 1.82) is 0 Å². The molecule has 2 bridgehead atoms. The molecular formula is C24H28ClNO3. The summed E-state index contributed by atoms with van der Waals surface area (Å²) in [4.78, 5) is 12.5. The third-order valence-electron chi connectivity index (χ3n) is 7.23. The molecule has 3 fully saturated rings. The first-order valence-corrected chi connectivity index (χ1v) is 11.2. The van der Waals surface area contributed by atoms with Gasteiger partial charge < -0.3 is 9.26 Å². The Labute approximate surface area is 176 Å². The molecule has 29 heavy (non-hydrogen) atoms. The van der Waals surface area contributed by atoms with Crippen molar-refractivity contribution in [2.24, 2.45) is 17.8 Å². The number of aromatic nitrogens is 1. The number of rotatable bonds is 5. The van der Waals surface area contributed by atoms with Crippen LogP contribution in [0.1, 0.15) is 68.8 Å². The highest BCUT2D eigenvalue weighted by atomic mass is 35.5. The highest BCUT2D eigenvalue weighted by Crippen LogP contribution is 2.50. The minimum absolute atomic E-state index is 0.148. The Bertz CT molecular complexity index is 943. The summed E-state index contributed by atoms with van der Waals surface area (Å²) >= 11 is 6.54. The molecule has 3 aliphatic rings. The Hall–Kier alpha value is -1.65. The average molecular weight is 414 g/mol. The molecule has 0 radical (unpaired) electrons. The van der Waals surface area contributed by atoms with E-state index in [1.54, 1.807) is 0 Å². The van der Waals surface area contributed by atoms with Crippen molar-refractivity contribution in [1.82, 2.24) is 5.16 Å². The number of nitrogens with zero attached hydrogens (tertiary/aromatic N) is 1. The molecule has 1 aromatic carbocycles. The van der Waals surface area contributed by atoms with E-state index in [4.69, 9.17) is 20.9 Å². The maximum absolute atomic E-state index is 12.5. The zero-order valence-electron chi connectivity index (χ0n) is 17.3. The summed E-state index contributed by atoms with van der Waals surface area (Å²) < 4.78 is 12.4. The molecule has 0 spiro atoms. The lowest BCUT2D eigenvalue weighted by Crippen LogP contribution is -2.41. The molecule has 0 amide bonds. The number of carbonyl (C=O) groups excluding carboxylic acids is 1. The number of aryl methyl sites for hydroxylation is 1. The van der Waals surface area contributed by atoms with E-state index < -0.39 is 0 Å². The number of fused-ring (bicyclic) bond motifs is 2. The molecule has 5 heteroatoms. The second-order valence-electron chi connectivity index (χ2n) is 9.65. The van der Waals surface area contributed by atoms with Crippen LogP contribution in [-0.4, -0.2) is 16.5 Å². The highest BCUT2D eigenvalue weighted by Gasteiger charge is 2.51. The summed E-state index contributed by atoms with van der Waals surface area (Å²) in [5.74, 6) is 2.62. The van der Waals surface area contributed by atoms with Crippen LogP contribution in [0, 0.1) is 24.7 Å². The highest BCUT2D eigenvalue weighted by molar-refractivity contribution is 6.33. The Morgan fingerprint density at radius 3 is 2.76 bits per heavy atom. The number of halogens is 1. The predicted molar refractivity (Wildman–Crippen MR) is 112 cm³/mol. The maximum Gasteiger partial charge on any atom is 0.145 e. The fourth-order valence-electron chi connectivity index (χ4n) is 5.49. The lowest BCUT2D eigenvalue weighted by molar-refractivity contribution is -0.139. The van der Waals surface area contributed by atoms with Crippen molar-refractivity contribution in [3.63, 3.8) is 0 Å². The molecule has 0 saturated heterocycles. The summed E-state index contributed by atoms with van der Waals surface area (Å²) in [5, 5.41) is 5.11. The van der Waals surface area contributed by atoms with Gasteiger partial charge in [-0.3, -0.25) is 4.79 Å². The van der Waals surface area contributed by atoms with Gasteiger partial charge in [-0.1, -0.05) is 35.8 Å². The summed E-state index contributed by atoms with van der Waals surface area (Å²) in [6.45, 7) is 6.87. The number of ketones is 1. The predicted octanol–water partition coefficient (Wildman–Crippen LogP) is 6.09. The zero-order valence-corrected chi connectivity index (χ0v) is 18.1. The summed E-state index contributed by atoms with van der Waals surface area (Å²) in [6, 6.07) is 5.90. The Kier molecular flexibility index (Phi) is 4.63. The molecule has 3 saturated carbocycles. The van der Waals surface area contributed by atoms with Crippen LogP contribution < -0.4 is 0 Å². The van der Waals surface area contributed by atoms with Gasteiger partial charge in [0.05, 0.1) is 17.2 Å². The third-order valence-corrected chi connectivity index (χ3v) is 7.55. The quantitative estimate of drug-likeness (QED) is 0.595. The van der Waals surface area contributed by atoms with Crippen LogP contribution in [0.25, 0.3) is 11.3 Å². The lowest BCUT2D eigenvalue weighted by atomic mass is 9.76. The van der Waals surface area contributed by atoms with E-state index in [-0.39, 0.29) is 17.4 Å². The van der Waals surface area contributed by atoms with E-state index in [1.165, 1.54) is 0 Å². The third kappa shape index (κ3) is 3.34. The van der Waals surface area contributed by atoms with Crippen molar-refractivity contribution >= 4 is 17.4 Å². The van der Waals surface area contributed by atoms with Gasteiger partial charge in [-0.15, -0.1) is 0 Å². The minimum atomic E-state index is -0.279. The van der Waals surface area contributed by atoms with Gasteiger partial charge in [-0.2, -0.15) is 0 Å². The normalized spacial score (nSPS) is 31.4. The van der Waals surface area contributed by atoms with Gasteiger partial charge in [-0.05, 0) is 63.5 Å². The molecule has 4 unspecified atom stereocenters. The average Bonchev–Trinajstić information content (AvgIpc) is 3.40. The second-order valence-corrected chi connectivity index (χ2v) is 10.1. The summed E-state index contributed by atoms with van der Waals surface area (Å²) in [6.07, 6.45) is 4.91. The van der Waals surface area contributed by atoms with E-state index in [9.17, 15) is 4.79 Å².